The maximum absolute atomic E-state index is 12.2. The number of hydrogen-bond donors (Lipinski definition) is 1. The smallest absolute Gasteiger partial charge is 0.223 e. The Kier molecular flexibility index (Phi) is 3.37. The van der Waals surface area contributed by atoms with E-state index < -0.39 is 0 Å². The molecule has 2 saturated carbocycles. The summed E-state index contributed by atoms with van der Waals surface area (Å²) in [6.45, 7) is 2.11. The standard InChI is InChI=1S/C14H24N2O/c17-14(9-11-4-5-11)16(13-6-7-13)10-12-3-1-2-8-15-12/h11-13,15H,1-10H2. The summed E-state index contributed by atoms with van der Waals surface area (Å²) in [5.74, 6) is 1.16. The van der Waals surface area contributed by atoms with Crippen LogP contribution >= 0.6 is 0 Å². The fourth-order valence-electron chi connectivity index (χ4n) is 2.84. The highest BCUT2D eigenvalue weighted by molar-refractivity contribution is 5.77. The quantitative estimate of drug-likeness (QED) is 0.791. The summed E-state index contributed by atoms with van der Waals surface area (Å²) in [5.41, 5.74) is 0. The van der Waals surface area contributed by atoms with Gasteiger partial charge in [0.25, 0.3) is 0 Å². The molecular weight excluding hydrogens is 212 g/mol. The third-order valence-electron chi connectivity index (χ3n) is 4.30. The van der Waals surface area contributed by atoms with E-state index in [1.165, 1.54) is 44.9 Å². The van der Waals surface area contributed by atoms with Gasteiger partial charge in [0.15, 0.2) is 0 Å². The summed E-state index contributed by atoms with van der Waals surface area (Å²) in [7, 11) is 0. The van der Waals surface area contributed by atoms with Crippen LogP contribution in [-0.4, -0.2) is 36.0 Å². The van der Waals surface area contributed by atoms with E-state index in [4.69, 9.17) is 0 Å². The zero-order chi connectivity index (χ0) is 11.7. The van der Waals surface area contributed by atoms with Gasteiger partial charge in [-0.2, -0.15) is 0 Å². The van der Waals surface area contributed by atoms with Crippen LogP contribution in [-0.2, 0) is 4.79 Å². The van der Waals surface area contributed by atoms with Crippen molar-refractivity contribution < 1.29 is 4.79 Å². The molecule has 3 rings (SSSR count). The highest BCUT2D eigenvalue weighted by Gasteiger charge is 2.36. The normalized spacial score (nSPS) is 29.1. The highest BCUT2D eigenvalue weighted by atomic mass is 16.2. The van der Waals surface area contributed by atoms with Crippen molar-refractivity contribution in [2.75, 3.05) is 13.1 Å². The van der Waals surface area contributed by atoms with Crippen molar-refractivity contribution >= 4 is 5.91 Å². The minimum Gasteiger partial charge on any atom is -0.338 e. The van der Waals surface area contributed by atoms with Crippen LogP contribution in [0.3, 0.4) is 0 Å². The molecule has 1 N–H and O–H groups in total. The largest absolute Gasteiger partial charge is 0.338 e. The topological polar surface area (TPSA) is 32.3 Å². The molecule has 1 heterocycles. The number of carbonyl (C=O) groups is 1. The summed E-state index contributed by atoms with van der Waals surface area (Å²) in [5, 5.41) is 3.56. The Morgan fingerprint density at radius 1 is 1.12 bits per heavy atom. The molecule has 0 aromatic carbocycles. The van der Waals surface area contributed by atoms with Gasteiger partial charge in [-0.15, -0.1) is 0 Å². The van der Waals surface area contributed by atoms with Crippen LogP contribution in [0.15, 0.2) is 0 Å². The number of hydrogen-bond acceptors (Lipinski definition) is 2. The van der Waals surface area contributed by atoms with Gasteiger partial charge in [-0.1, -0.05) is 6.42 Å². The van der Waals surface area contributed by atoms with Crippen LogP contribution in [0.5, 0.6) is 0 Å². The van der Waals surface area contributed by atoms with Crippen molar-refractivity contribution in [2.45, 2.75) is 63.5 Å². The molecule has 3 nitrogen and oxygen atoms in total. The van der Waals surface area contributed by atoms with E-state index in [2.05, 4.69) is 10.2 Å². The first kappa shape index (κ1) is 11.5. The zero-order valence-electron chi connectivity index (χ0n) is 10.7. The molecule has 1 amide bonds. The Labute approximate surface area is 104 Å². The molecule has 17 heavy (non-hydrogen) atoms. The predicted molar refractivity (Wildman–Crippen MR) is 67.7 cm³/mol. The fraction of sp³-hybridized carbons (Fsp3) is 0.929. The molecule has 96 valence electrons. The van der Waals surface area contributed by atoms with E-state index in [0.29, 0.717) is 18.0 Å². The molecule has 1 aliphatic heterocycles. The van der Waals surface area contributed by atoms with Crippen LogP contribution in [0.1, 0.15) is 51.4 Å². The van der Waals surface area contributed by atoms with E-state index in [1.54, 1.807) is 0 Å². The van der Waals surface area contributed by atoms with Crippen molar-refractivity contribution in [1.82, 2.24) is 10.2 Å². The number of rotatable bonds is 5. The lowest BCUT2D eigenvalue weighted by Gasteiger charge is -2.31. The van der Waals surface area contributed by atoms with Gasteiger partial charge in [-0.05, 0) is 51.0 Å². The van der Waals surface area contributed by atoms with E-state index in [1.807, 2.05) is 0 Å². The second kappa shape index (κ2) is 4.97. The average molecular weight is 236 g/mol. The number of nitrogens with one attached hydrogen (secondary N) is 1. The van der Waals surface area contributed by atoms with Gasteiger partial charge in [0.1, 0.15) is 0 Å². The lowest BCUT2D eigenvalue weighted by molar-refractivity contribution is -0.132. The Morgan fingerprint density at radius 2 is 1.94 bits per heavy atom. The monoisotopic (exact) mass is 236 g/mol. The Morgan fingerprint density at radius 3 is 2.53 bits per heavy atom. The molecule has 3 fully saturated rings. The number of piperidine rings is 1. The van der Waals surface area contributed by atoms with Gasteiger partial charge in [-0.25, -0.2) is 0 Å². The zero-order valence-corrected chi connectivity index (χ0v) is 10.7. The third-order valence-corrected chi connectivity index (χ3v) is 4.30. The molecule has 2 aliphatic carbocycles. The molecule has 1 atom stereocenters. The fourth-order valence-corrected chi connectivity index (χ4v) is 2.84. The lowest BCUT2D eigenvalue weighted by Crippen LogP contribution is -2.46. The predicted octanol–water partition coefficient (Wildman–Crippen LogP) is 1.92. The third kappa shape index (κ3) is 3.21. The number of amides is 1. The minimum atomic E-state index is 0.433. The molecule has 0 aromatic rings. The summed E-state index contributed by atoms with van der Waals surface area (Å²) in [4.78, 5) is 14.4. The molecule has 0 bridgehead atoms. The van der Waals surface area contributed by atoms with Gasteiger partial charge in [0.2, 0.25) is 5.91 Å². The van der Waals surface area contributed by atoms with Crippen molar-refractivity contribution in [3.63, 3.8) is 0 Å². The second-order valence-corrected chi connectivity index (χ2v) is 6.07. The first-order valence-corrected chi connectivity index (χ1v) is 7.36. The molecule has 3 aliphatic rings. The first-order chi connectivity index (χ1) is 8.33. The maximum atomic E-state index is 12.2. The summed E-state index contributed by atoms with van der Waals surface area (Å²) >= 11 is 0. The summed E-state index contributed by atoms with van der Waals surface area (Å²) in [6, 6.07) is 1.15. The van der Waals surface area contributed by atoms with Gasteiger partial charge < -0.3 is 10.2 Å². The van der Waals surface area contributed by atoms with Crippen LogP contribution in [0.2, 0.25) is 0 Å². The van der Waals surface area contributed by atoms with Crippen molar-refractivity contribution in [1.29, 1.82) is 0 Å². The van der Waals surface area contributed by atoms with Crippen molar-refractivity contribution in [3.8, 4) is 0 Å². The summed E-state index contributed by atoms with van der Waals surface area (Å²) in [6.07, 6.45) is 9.75. The second-order valence-electron chi connectivity index (χ2n) is 6.07. The average Bonchev–Trinajstić information content (AvgIpc) is 3.21. The SMILES string of the molecule is O=C(CC1CC1)N(CC1CCCCN1)C1CC1. The van der Waals surface area contributed by atoms with Crippen LogP contribution in [0.25, 0.3) is 0 Å². The minimum absolute atomic E-state index is 0.433. The van der Waals surface area contributed by atoms with E-state index in [-0.39, 0.29) is 0 Å². The molecule has 3 heteroatoms. The van der Waals surface area contributed by atoms with Gasteiger partial charge >= 0.3 is 0 Å². The molecule has 0 spiro atoms. The highest BCUT2D eigenvalue weighted by Crippen LogP contribution is 2.35. The molecular formula is C14H24N2O. The molecule has 1 saturated heterocycles. The van der Waals surface area contributed by atoms with Crippen molar-refractivity contribution in [2.24, 2.45) is 5.92 Å². The van der Waals surface area contributed by atoms with Crippen LogP contribution in [0.4, 0.5) is 0 Å². The maximum Gasteiger partial charge on any atom is 0.223 e. The van der Waals surface area contributed by atoms with Crippen LogP contribution < -0.4 is 5.32 Å². The Hall–Kier alpha value is -0.570. The summed E-state index contributed by atoms with van der Waals surface area (Å²) < 4.78 is 0. The Bertz CT molecular complexity index is 278. The van der Waals surface area contributed by atoms with Crippen molar-refractivity contribution in [3.05, 3.63) is 0 Å². The molecule has 0 radical (unpaired) electrons. The number of nitrogens with zero attached hydrogens (tertiary/aromatic N) is 1. The van der Waals surface area contributed by atoms with Gasteiger partial charge in [0.05, 0.1) is 0 Å². The van der Waals surface area contributed by atoms with Gasteiger partial charge in [-0.3, -0.25) is 4.79 Å². The Balaban J connectivity index is 1.52. The van der Waals surface area contributed by atoms with E-state index >= 15 is 0 Å². The molecule has 1 unspecified atom stereocenters. The van der Waals surface area contributed by atoms with Crippen LogP contribution in [0, 0.1) is 5.92 Å². The van der Waals surface area contributed by atoms with Gasteiger partial charge in [0, 0.05) is 25.0 Å². The molecule has 0 aromatic heterocycles. The van der Waals surface area contributed by atoms with E-state index in [0.717, 1.165) is 25.4 Å². The lowest BCUT2D eigenvalue weighted by atomic mass is 10.0. The first-order valence-electron chi connectivity index (χ1n) is 7.36. The number of carbonyl (C=O) groups excluding carboxylic acids is 1. The van der Waals surface area contributed by atoms with E-state index in [9.17, 15) is 4.79 Å².